The standard InChI is InChI=1S/C23H47N7O12/c24-2-7-13(32)15(34)10(29)21(37-7)40-18-6(28)1-5(27)12(31)20(18)42-23-17(36)19(9(4-26)39-23)41-22-11(30)16(35)14(33)8(3-25)38-22/h5-23,31-36H,1-4,24-30H2/t5-,6+,7-,8-,9-,10-,11-,12+,13-,14-,15-,16-,17-,18-,19-,20-,21-,22-,23+/m1/s1. The molecule has 19 nitrogen and oxygen atoms in total. The third-order valence-electron chi connectivity index (χ3n) is 8.42. The van der Waals surface area contributed by atoms with Gasteiger partial charge in [0.25, 0.3) is 0 Å². The molecule has 4 rings (SSSR count). The predicted molar refractivity (Wildman–Crippen MR) is 140 cm³/mol. The minimum absolute atomic E-state index is 0.109. The average Bonchev–Trinajstić information content (AvgIpc) is 3.27. The summed E-state index contributed by atoms with van der Waals surface area (Å²) in [6.07, 6.45) is -18.9. The van der Waals surface area contributed by atoms with Gasteiger partial charge in [-0.3, -0.25) is 0 Å². The summed E-state index contributed by atoms with van der Waals surface area (Å²) in [5.74, 6) is 0. The van der Waals surface area contributed by atoms with Crippen molar-refractivity contribution in [1.29, 1.82) is 0 Å². The molecule has 3 saturated heterocycles. The molecule has 0 unspecified atom stereocenters. The molecule has 0 aromatic heterocycles. The first-order chi connectivity index (χ1) is 19.8. The summed E-state index contributed by atoms with van der Waals surface area (Å²) in [5.41, 5.74) is 41.6. The van der Waals surface area contributed by atoms with Gasteiger partial charge in [0, 0.05) is 31.7 Å². The van der Waals surface area contributed by atoms with E-state index in [9.17, 15) is 30.6 Å². The molecule has 0 aromatic carbocycles. The van der Waals surface area contributed by atoms with Crippen LogP contribution in [0.25, 0.3) is 0 Å². The normalized spacial score (nSPS) is 53.8. The average molecular weight is 614 g/mol. The number of aliphatic hydroxyl groups is 6. The lowest BCUT2D eigenvalue weighted by Gasteiger charge is -2.47. The lowest BCUT2D eigenvalue weighted by molar-refractivity contribution is -0.306. The van der Waals surface area contributed by atoms with Gasteiger partial charge < -0.3 is 99.2 Å². The highest BCUT2D eigenvalue weighted by molar-refractivity contribution is 5.02. The van der Waals surface area contributed by atoms with Crippen LogP contribution >= 0.6 is 0 Å². The van der Waals surface area contributed by atoms with Gasteiger partial charge in [-0.2, -0.15) is 0 Å². The quantitative estimate of drug-likeness (QED) is 0.115. The molecule has 19 atom stereocenters. The Hall–Kier alpha value is -0.760. The third-order valence-corrected chi connectivity index (χ3v) is 8.42. The second kappa shape index (κ2) is 14.1. The van der Waals surface area contributed by atoms with E-state index in [1.165, 1.54) is 0 Å². The number of rotatable bonds is 9. The fourth-order valence-electron chi connectivity index (χ4n) is 5.79. The molecule has 4 aliphatic rings. The highest BCUT2D eigenvalue weighted by Crippen LogP contribution is 2.34. The van der Waals surface area contributed by atoms with Gasteiger partial charge in [0.05, 0.1) is 18.2 Å². The van der Waals surface area contributed by atoms with Gasteiger partial charge in [-0.05, 0) is 6.42 Å². The lowest BCUT2D eigenvalue weighted by atomic mass is 9.84. The van der Waals surface area contributed by atoms with Crippen molar-refractivity contribution >= 4 is 0 Å². The van der Waals surface area contributed by atoms with Crippen molar-refractivity contribution in [3.05, 3.63) is 0 Å². The van der Waals surface area contributed by atoms with Gasteiger partial charge in [0.15, 0.2) is 18.9 Å². The van der Waals surface area contributed by atoms with E-state index < -0.39 is 116 Å². The molecule has 246 valence electrons. The number of nitrogens with two attached hydrogens (primary N) is 7. The first-order valence-corrected chi connectivity index (χ1v) is 14.0. The fraction of sp³-hybridized carbons (Fsp3) is 1.00. The van der Waals surface area contributed by atoms with E-state index in [1.54, 1.807) is 0 Å². The molecule has 0 spiro atoms. The Morgan fingerprint density at radius 1 is 0.476 bits per heavy atom. The number of ether oxygens (including phenoxy) is 6. The predicted octanol–water partition coefficient (Wildman–Crippen LogP) is -8.93. The van der Waals surface area contributed by atoms with Crippen LogP contribution in [0.15, 0.2) is 0 Å². The van der Waals surface area contributed by atoms with Crippen LogP contribution in [-0.2, 0) is 28.4 Å². The Labute approximate surface area is 242 Å². The Balaban J connectivity index is 1.50. The van der Waals surface area contributed by atoms with E-state index in [0.717, 1.165) is 0 Å². The summed E-state index contributed by atoms with van der Waals surface area (Å²) in [6.45, 7) is -0.430. The van der Waals surface area contributed by atoms with Gasteiger partial charge in [0.1, 0.15) is 67.1 Å². The Morgan fingerprint density at radius 2 is 0.905 bits per heavy atom. The van der Waals surface area contributed by atoms with Crippen LogP contribution in [-0.4, -0.2) is 167 Å². The molecule has 19 heteroatoms. The molecule has 0 bridgehead atoms. The van der Waals surface area contributed by atoms with Gasteiger partial charge in [-0.25, -0.2) is 0 Å². The first kappa shape index (κ1) is 34.1. The molecule has 0 radical (unpaired) electrons. The Morgan fingerprint density at radius 3 is 1.38 bits per heavy atom. The molecular weight excluding hydrogens is 566 g/mol. The molecule has 42 heavy (non-hydrogen) atoms. The van der Waals surface area contributed by atoms with Crippen LogP contribution in [0.2, 0.25) is 0 Å². The van der Waals surface area contributed by atoms with Gasteiger partial charge in [-0.1, -0.05) is 0 Å². The molecule has 4 fully saturated rings. The van der Waals surface area contributed by atoms with Crippen LogP contribution in [0.4, 0.5) is 0 Å². The molecule has 0 amide bonds. The highest BCUT2D eigenvalue weighted by atomic mass is 16.8. The molecule has 1 aliphatic carbocycles. The summed E-state index contributed by atoms with van der Waals surface area (Å²) >= 11 is 0. The maximum Gasteiger partial charge on any atom is 0.187 e. The maximum atomic E-state index is 11.2. The summed E-state index contributed by atoms with van der Waals surface area (Å²) in [6, 6.07) is -4.08. The topological polar surface area (TPSA) is 359 Å². The van der Waals surface area contributed by atoms with Gasteiger partial charge >= 0.3 is 0 Å². The fourth-order valence-corrected chi connectivity index (χ4v) is 5.79. The van der Waals surface area contributed by atoms with Crippen molar-refractivity contribution in [1.82, 2.24) is 0 Å². The van der Waals surface area contributed by atoms with Crippen LogP contribution in [0.5, 0.6) is 0 Å². The second-order valence-electron chi connectivity index (χ2n) is 11.3. The zero-order valence-corrected chi connectivity index (χ0v) is 23.0. The van der Waals surface area contributed by atoms with Crippen LogP contribution < -0.4 is 40.1 Å². The van der Waals surface area contributed by atoms with Crippen molar-refractivity contribution < 1.29 is 59.1 Å². The Bertz CT molecular complexity index is 869. The van der Waals surface area contributed by atoms with E-state index in [-0.39, 0.29) is 26.1 Å². The minimum Gasteiger partial charge on any atom is -0.389 e. The molecule has 3 aliphatic heterocycles. The van der Waals surface area contributed by atoms with Crippen molar-refractivity contribution in [2.75, 3.05) is 19.6 Å². The second-order valence-corrected chi connectivity index (χ2v) is 11.3. The van der Waals surface area contributed by atoms with Crippen molar-refractivity contribution in [2.24, 2.45) is 40.1 Å². The monoisotopic (exact) mass is 613 g/mol. The number of hydrogen-bond acceptors (Lipinski definition) is 19. The summed E-state index contributed by atoms with van der Waals surface area (Å²) in [4.78, 5) is 0. The van der Waals surface area contributed by atoms with Crippen molar-refractivity contribution in [3.8, 4) is 0 Å². The lowest BCUT2D eigenvalue weighted by Crippen LogP contribution is -2.68. The minimum atomic E-state index is -1.52. The smallest absolute Gasteiger partial charge is 0.187 e. The molecule has 0 aromatic rings. The van der Waals surface area contributed by atoms with Gasteiger partial charge in [-0.15, -0.1) is 0 Å². The largest absolute Gasteiger partial charge is 0.389 e. The maximum absolute atomic E-state index is 11.2. The van der Waals surface area contributed by atoms with E-state index >= 15 is 0 Å². The summed E-state index contributed by atoms with van der Waals surface area (Å²) < 4.78 is 35.0. The molecule has 1 saturated carbocycles. The van der Waals surface area contributed by atoms with Gasteiger partial charge in [0.2, 0.25) is 0 Å². The zero-order chi connectivity index (χ0) is 31.0. The summed E-state index contributed by atoms with van der Waals surface area (Å²) in [5, 5.41) is 63.2. The van der Waals surface area contributed by atoms with Crippen LogP contribution in [0.3, 0.4) is 0 Å². The van der Waals surface area contributed by atoms with E-state index in [2.05, 4.69) is 0 Å². The van der Waals surface area contributed by atoms with E-state index in [0.29, 0.717) is 0 Å². The number of hydrogen-bond donors (Lipinski definition) is 13. The Kier molecular flexibility index (Phi) is 11.5. The first-order valence-electron chi connectivity index (χ1n) is 14.0. The molecule has 3 heterocycles. The SMILES string of the molecule is NC[C@H]1O[C@H](O[C@H]2[C@H](O[C@@H]3O[C@H](CN)[C@@H](O[C@H]4O[C@H](CN)[C@@H](O)[C@H](O)[C@H]4N)[C@H]3O)[C@@H](O)[C@H](N)C[C@@H]2N)[C@H](N)[C@@H](O)[C@@H]1O. The molecule has 20 N–H and O–H groups in total. The van der Waals surface area contributed by atoms with E-state index in [1.807, 2.05) is 0 Å². The third kappa shape index (κ3) is 6.60. The van der Waals surface area contributed by atoms with E-state index in [4.69, 9.17) is 68.6 Å². The zero-order valence-electron chi connectivity index (χ0n) is 23.0. The van der Waals surface area contributed by atoms with Crippen LogP contribution in [0, 0.1) is 0 Å². The highest BCUT2D eigenvalue weighted by Gasteiger charge is 2.54. The molecular formula is C23H47N7O12. The van der Waals surface area contributed by atoms with Crippen molar-refractivity contribution in [3.63, 3.8) is 0 Å². The van der Waals surface area contributed by atoms with Crippen molar-refractivity contribution in [2.45, 2.75) is 123 Å². The summed E-state index contributed by atoms with van der Waals surface area (Å²) in [7, 11) is 0. The van der Waals surface area contributed by atoms with Crippen LogP contribution in [0.1, 0.15) is 6.42 Å². The number of aliphatic hydroxyl groups excluding tert-OH is 6.